The van der Waals surface area contributed by atoms with Crippen LogP contribution < -0.4 is 5.32 Å². The number of ether oxygens (including phenoxy) is 1. The van der Waals surface area contributed by atoms with Crippen LogP contribution in [0, 0.1) is 11.7 Å². The van der Waals surface area contributed by atoms with Gasteiger partial charge in [-0.2, -0.15) is 0 Å². The average molecular weight is 332 g/mol. The molecule has 1 atom stereocenters. The van der Waals surface area contributed by atoms with Crippen molar-refractivity contribution in [2.45, 2.75) is 25.5 Å². The summed E-state index contributed by atoms with van der Waals surface area (Å²) in [6, 6.07) is 4.61. The third-order valence-corrected chi connectivity index (χ3v) is 4.26. The van der Waals surface area contributed by atoms with Gasteiger partial charge in [-0.3, -0.25) is 0 Å². The average Bonchev–Trinajstić information content (AvgIpc) is 2.43. The van der Waals surface area contributed by atoms with Crippen LogP contribution in [0.1, 0.15) is 18.4 Å². The lowest BCUT2D eigenvalue weighted by Crippen LogP contribution is -2.35. The van der Waals surface area contributed by atoms with E-state index in [-0.39, 0.29) is 11.9 Å². The number of rotatable bonds is 5. The van der Waals surface area contributed by atoms with E-state index in [0.717, 1.165) is 36.1 Å². The van der Waals surface area contributed by atoms with Gasteiger partial charge in [0.1, 0.15) is 5.82 Å². The Morgan fingerprint density at radius 3 is 2.89 bits per heavy atom. The van der Waals surface area contributed by atoms with Gasteiger partial charge in [0.05, 0.1) is 6.10 Å². The highest BCUT2D eigenvalue weighted by Crippen LogP contribution is 2.19. The lowest BCUT2D eigenvalue weighted by atomic mass is 9.94. The zero-order chi connectivity index (χ0) is 13.7. The van der Waals surface area contributed by atoms with Crippen LogP contribution in [0.2, 0.25) is 0 Å². The smallest absolute Gasteiger partial charge is 0.123 e. The van der Waals surface area contributed by atoms with Crippen molar-refractivity contribution in [3.63, 3.8) is 0 Å². The second-order valence-electron chi connectivity index (χ2n) is 4.88. The maximum Gasteiger partial charge on any atom is 0.123 e. The van der Waals surface area contributed by atoms with E-state index in [0.29, 0.717) is 19.0 Å². The third kappa shape index (κ3) is 4.53. The second-order valence-corrected chi connectivity index (χ2v) is 5.74. The molecule has 0 unspecified atom stereocenters. The first-order valence-corrected chi connectivity index (χ1v) is 7.36. The van der Waals surface area contributed by atoms with Gasteiger partial charge in [-0.15, -0.1) is 0 Å². The highest BCUT2D eigenvalue weighted by molar-refractivity contribution is 9.10. The summed E-state index contributed by atoms with van der Waals surface area (Å²) in [6.45, 7) is 2.53. The van der Waals surface area contributed by atoms with Crippen molar-refractivity contribution in [1.82, 2.24) is 5.32 Å². The van der Waals surface area contributed by atoms with Crippen molar-refractivity contribution in [3.05, 3.63) is 34.1 Å². The summed E-state index contributed by atoms with van der Waals surface area (Å²) in [5.74, 6) is 0.0576. The number of benzene rings is 1. The molecular weight excluding hydrogens is 313 g/mol. The van der Waals surface area contributed by atoms with E-state index in [4.69, 9.17) is 4.74 Å². The van der Waals surface area contributed by atoms with Gasteiger partial charge in [0.25, 0.3) is 0 Å². The zero-order valence-electron chi connectivity index (χ0n) is 10.7. The molecule has 2 N–H and O–H groups in total. The minimum Gasteiger partial charge on any atom is -0.392 e. The zero-order valence-corrected chi connectivity index (χ0v) is 12.3. The van der Waals surface area contributed by atoms with Crippen molar-refractivity contribution in [3.8, 4) is 0 Å². The van der Waals surface area contributed by atoms with Crippen LogP contribution in [0.5, 0.6) is 0 Å². The summed E-state index contributed by atoms with van der Waals surface area (Å²) >= 11 is 3.39. The molecule has 0 amide bonds. The summed E-state index contributed by atoms with van der Waals surface area (Å²) in [5.41, 5.74) is 0.860. The minimum absolute atomic E-state index is 0.245. The van der Waals surface area contributed by atoms with E-state index < -0.39 is 0 Å². The predicted octanol–water partition coefficient (Wildman–Crippen LogP) is 2.47. The van der Waals surface area contributed by atoms with Crippen molar-refractivity contribution >= 4 is 15.9 Å². The predicted molar refractivity (Wildman–Crippen MR) is 75.4 cm³/mol. The molecule has 0 radical (unpaired) electrons. The molecule has 0 aliphatic carbocycles. The van der Waals surface area contributed by atoms with Crippen molar-refractivity contribution in [2.75, 3.05) is 19.8 Å². The van der Waals surface area contributed by atoms with Gasteiger partial charge in [0, 0.05) is 30.8 Å². The highest BCUT2D eigenvalue weighted by atomic mass is 79.9. The topological polar surface area (TPSA) is 41.5 Å². The molecule has 19 heavy (non-hydrogen) atoms. The van der Waals surface area contributed by atoms with Crippen molar-refractivity contribution in [2.24, 2.45) is 5.92 Å². The molecule has 1 aliphatic heterocycles. The summed E-state index contributed by atoms with van der Waals surface area (Å²) in [5, 5.41) is 13.3. The molecule has 1 aliphatic rings. The third-order valence-electron chi connectivity index (χ3n) is 3.49. The largest absolute Gasteiger partial charge is 0.392 e. The maximum absolute atomic E-state index is 13.1. The monoisotopic (exact) mass is 331 g/mol. The first-order valence-electron chi connectivity index (χ1n) is 6.57. The standard InChI is InChI=1S/C14H19BrFNO2/c15-13-2-1-12(16)7-11(13)8-17-9-14(18)10-3-5-19-6-4-10/h1-2,7,10,14,17-18H,3-6,8-9H2/t14-/m1/s1. The van der Waals surface area contributed by atoms with Gasteiger partial charge in [-0.1, -0.05) is 15.9 Å². The molecular formula is C14H19BrFNO2. The minimum atomic E-state index is -0.365. The first kappa shape index (κ1) is 14.9. The number of aliphatic hydroxyl groups is 1. The second kappa shape index (κ2) is 7.33. The molecule has 0 bridgehead atoms. The Kier molecular flexibility index (Phi) is 5.76. The van der Waals surface area contributed by atoms with Gasteiger partial charge in [-0.05, 0) is 42.5 Å². The molecule has 5 heteroatoms. The van der Waals surface area contributed by atoms with Crippen LogP contribution >= 0.6 is 15.9 Å². The van der Waals surface area contributed by atoms with Crippen LogP contribution in [0.15, 0.2) is 22.7 Å². The summed E-state index contributed by atoms with van der Waals surface area (Å²) in [4.78, 5) is 0. The molecule has 0 spiro atoms. The first-order chi connectivity index (χ1) is 9.16. The number of hydrogen-bond donors (Lipinski definition) is 2. The quantitative estimate of drug-likeness (QED) is 0.870. The Balaban J connectivity index is 1.77. The molecule has 0 saturated carbocycles. The fourth-order valence-electron chi connectivity index (χ4n) is 2.30. The van der Waals surface area contributed by atoms with Crippen LogP contribution in [-0.4, -0.2) is 31.0 Å². The van der Waals surface area contributed by atoms with Crippen molar-refractivity contribution in [1.29, 1.82) is 0 Å². The molecule has 2 rings (SSSR count). The van der Waals surface area contributed by atoms with Gasteiger partial charge >= 0.3 is 0 Å². The van der Waals surface area contributed by atoms with E-state index in [2.05, 4.69) is 21.2 Å². The Labute approximate surface area is 121 Å². The fourth-order valence-corrected chi connectivity index (χ4v) is 2.69. The lowest BCUT2D eigenvalue weighted by Gasteiger charge is -2.26. The van der Waals surface area contributed by atoms with E-state index in [1.165, 1.54) is 12.1 Å². The van der Waals surface area contributed by atoms with E-state index in [1.54, 1.807) is 6.07 Å². The van der Waals surface area contributed by atoms with Crippen LogP contribution in [-0.2, 0) is 11.3 Å². The number of nitrogens with one attached hydrogen (secondary N) is 1. The summed E-state index contributed by atoms with van der Waals surface area (Å²) < 4.78 is 19.3. The molecule has 0 aromatic heterocycles. The Hall–Kier alpha value is -0.490. The van der Waals surface area contributed by atoms with E-state index in [9.17, 15) is 9.50 Å². The van der Waals surface area contributed by atoms with Crippen molar-refractivity contribution < 1.29 is 14.2 Å². The van der Waals surface area contributed by atoms with Gasteiger partial charge in [0.2, 0.25) is 0 Å². The SMILES string of the molecule is O[C@H](CNCc1cc(F)ccc1Br)C1CCOCC1. The van der Waals surface area contributed by atoms with Gasteiger partial charge in [-0.25, -0.2) is 4.39 Å². The number of halogens is 2. The van der Waals surface area contributed by atoms with Gasteiger partial charge < -0.3 is 15.2 Å². The number of aliphatic hydroxyl groups excluding tert-OH is 1. The molecule has 1 saturated heterocycles. The molecule has 1 fully saturated rings. The van der Waals surface area contributed by atoms with Crippen LogP contribution in [0.3, 0.4) is 0 Å². The number of hydrogen-bond acceptors (Lipinski definition) is 3. The Morgan fingerprint density at radius 2 is 2.16 bits per heavy atom. The normalized spacial score (nSPS) is 18.5. The highest BCUT2D eigenvalue weighted by Gasteiger charge is 2.21. The molecule has 1 aromatic carbocycles. The molecule has 1 heterocycles. The summed E-state index contributed by atoms with van der Waals surface area (Å²) in [7, 11) is 0. The maximum atomic E-state index is 13.1. The van der Waals surface area contributed by atoms with E-state index >= 15 is 0 Å². The summed E-state index contributed by atoms with van der Waals surface area (Å²) in [6.07, 6.45) is 1.45. The Morgan fingerprint density at radius 1 is 1.42 bits per heavy atom. The fraction of sp³-hybridized carbons (Fsp3) is 0.571. The van der Waals surface area contributed by atoms with Gasteiger partial charge in [0.15, 0.2) is 0 Å². The van der Waals surface area contributed by atoms with Crippen LogP contribution in [0.25, 0.3) is 0 Å². The molecule has 3 nitrogen and oxygen atoms in total. The Bertz CT molecular complexity index is 410. The lowest BCUT2D eigenvalue weighted by molar-refractivity contribution is 0.00845. The molecule has 106 valence electrons. The van der Waals surface area contributed by atoms with Crippen LogP contribution in [0.4, 0.5) is 4.39 Å². The van der Waals surface area contributed by atoms with E-state index in [1.807, 2.05) is 0 Å². The molecule has 1 aromatic rings.